The Morgan fingerprint density at radius 3 is 2.67 bits per heavy atom. The van der Waals surface area contributed by atoms with Crippen LogP contribution < -0.4 is 10.0 Å². The van der Waals surface area contributed by atoms with Crippen LogP contribution in [0, 0.1) is 0 Å². The molecule has 2 bridgehead atoms. The van der Waals surface area contributed by atoms with E-state index in [1.54, 1.807) is 0 Å². The average molecular weight is 276 g/mol. The van der Waals surface area contributed by atoms with Gasteiger partial charge < -0.3 is 10.1 Å². The fourth-order valence-corrected chi connectivity index (χ4v) is 4.06. The summed E-state index contributed by atoms with van der Waals surface area (Å²) in [7, 11) is -3.16. The third kappa shape index (κ3) is 3.91. The number of ether oxygens (including phenoxy) is 1. The first-order valence-corrected chi connectivity index (χ1v) is 8.50. The molecule has 2 heterocycles. The third-order valence-corrected chi connectivity index (χ3v) is 5.07. The second kappa shape index (κ2) is 5.86. The summed E-state index contributed by atoms with van der Waals surface area (Å²) in [6.45, 7) is 4.85. The van der Waals surface area contributed by atoms with Crippen LogP contribution in [0.1, 0.15) is 39.5 Å². The summed E-state index contributed by atoms with van der Waals surface area (Å²) in [5.41, 5.74) is 0. The molecule has 2 N–H and O–H groups in total. The zero-order valence-corrected chi connectivity index (χ0v) is 12.0. The minimum Gasteiger partial charge on any atom is -0.373 e. The van der Waals surface area contributed by atoms with Gasteiger partial charge in [-0.25, -0.2) is 13.1 Å². The first-order valence-electron chi connectivity index (χ1n) is 6.85. The molecule has 106 valence electrons. The van der Waals surface area contributed by atoms with Crippen LogP contribution in [-0.2, 0) is 14.8 Å². The molecule has 3 unspecified atom stereocenters. The van der Waals surface area contributed by atoms with Crippen molar-refractivity contribution in [3.8, 4) is 0 Å². The van der Waals surface area contributed by atoms with Crippen molar-refractivity contribution in [1.82, 2.24) is 10.0 Å². The fraction of sp³-hybridized carbons (Fsp3) is 1.00. The van der Waals surface area contributed by atoms with Crippen molar-refractivity contribution in [2.75, 3.05) is 12.3 Å². The zero-order valence-electron chi connectivity index (χ0n) is 11.2. The van der Waals surface area contributed by atoms with Gasteiger partial charge >= 0.3 is 0 Å². The summed E-state index contributed by atoms with van der Waals surface area (Å²) in [6.07, 6.45) is 3.96. The minimum absolute atomic E-state index is 0.00630. The highest BCUT2D eigenvalue weighted by Gasteiger charge is 2.42. The van der Waals surface area contributed by atoms with Gasteiger partial charge in [0.1, 0.15) is 0 Å². The van der Waals surface area contributed by atoms with E-state index in [0.29, 0.717) is 12.5 Å². The van der Waals surface area contributed by atoms with Crippen molar-refractivity contribution < 1.29 is 13.2 Å². The van der Waals surface area contributed by atoms with E-state index in [4.69, 9.17) is 4.74 Å². The average Bonchev–Trinajstić information content (AvgIpc) is 2.85. The van der Waals surface area contributed by atoms with Crippen molar-refractivity contribution in [1.29, 1.82) is 0 Å². The fourth-order valence-electron chi connectivity index (χ4n) is 2.70. The third-order valence-electron chi connectivity index (χ3n) is 3.58. The minimum atomic E-state index is -3.16. The normalized spacial score (nSPS) is 31.4. The van der Waals surface area contributed by atoms with Crippen molar-refractivity contribution >= 4 is 10.0 Å². The molecule has 2 saturated heterocycles. The first kappa shape index (κ1) is 14.2. The highest BCUT2D eigenvalue weighted by Crippen LogP contribution is 2.34. The van der Waals surface area contributed by atoms with Crippen LogP contribution in [0.2, 0.25) is 0 Å². The van der Waals surface area contributed by atoms with Crippen molar-refractivity contribution in [3.63, 3.8) is 0 Å². The molecule has 0 aromatic rings. The first-order chi connectivity index (χ1) is 8.46. The molecular formula is C12H24N2O3S. The van der Waals surface area contributed by atoms with E-state index in [-0.39, 0.29) is 24.0 Å². The van der Waals surface area contributed by atoms with Gasteiger partial charge in [-0.05, 0) is 32.2 Å². The monoisotopic (exact) mass is 276 g/mol. The Kier molecular flexibility index (Phi) is 4.64. The van der Waals surface area contributed by atoms with Gasteiger partial charge in [0, 0.05) is 6.04 Å². The van der Waals surface area contributed by atoms with E-state index in [9.17, 15) is 8.42 Å². The lowest BCUT2D eigenvalue weighted by atomic mass is 9.96. The van der Waals surface area contributed by atoms with Gasteiger partial charge in [-0.1, -0.05) is 13.8 Å². The molecular weight excluding hydrogens is 252 g/mol. The van der Waals surface area contributed by atoms with Gasteiger partial charge in [0.25, 0.3) is 0 Å². The van der Waals surface area contributed by atoms with Gasteiger partial charge in [0.05, 0.1) is 24.0 Å². The summed E-state index contributed by atoms with van der Waals surface area (Å²) >= 11 is 0. The molecule has 0 aromatic heterocycles. The quantitative estimate of drug-likeness (QED) is 0.669. The highest BCUT2D eigenvalue weighted by atomic mass is 32.2. The SMILES string of the molecule is CC(C)NCCCS(=O)(=O)NC1CC2CCC1O2. The molecule has 0 saturated carbocycles. The van der Waals surface area contributed by atoms with E-state index >= 15 is 0 Å². The molecule has 0 spiro atoms. The molecule has 2 rings (SSSR count). The maximum atomic E-state index is 11.9. The zero-order chi connectivity index (χ0) is 13.2. The summed E-state index contributed by atoms with van der Waals surface area (Å²) in [4.78, 5) is 0. The molecule has 5 nitrogen and oxygen atoms in total. The lowest BCUT2D eigenvalue weighted by molar-refractivity contribution is 0.0996. The maximum Gasteiger partial charge on any atom is 0.211 e. The predicted molar refractivity (Wildman–Crippen MR) is 71.0 cm³/mol. The Morgan fingerprint density at radius 2 is 2.11 bits per heavy atom. The van der Waals surface area contributed by atoms with Crippen molar-refractivity contribution in [3.05, 3.63) is 0 Å². The lowest BCUT2D eigenvalue weighted by Crippen LogP contribution is -2.42. The van der Waals surface area contributed by atoms with Gasteiger partial charge in [-0.15, -0.1) is 0 Å². The number of nitrogens with one attached hydrogen (secondary N) is 2. The smallest absolute Gasteiger partial charge is 0.211 e. The van der Waals surface area contributed by atoms with E-state index in [2.05, 4.69) is 23.9 Å². The van der Waals surface area contributed by atoms with E-state index in [1.165, 1.54) is 0 Å². The van der Waals surface area contributed by atoms with Gasteiger partial charge in [0.15, 0.2) is 0 Å². The molecule has 18 heavy (non-hydrogen) atoms. The predicted octanol–water partition coefficient (Wildman–Crippen LogP) is 0.614. The number of sulfonamides is 1. The number of fused-ring (bicyclic) bond motifs is 2. The van der Waals surface area contributed by atoms with Gasteiger partial charge in [-0.2, -0.15) is 0 Å². The Hall–Kier alpha value is -0.170. The molecule has 0 aliphatic carbocycles. The second-order valence-corrected chi connectivity index (χ2v) is 7.49. The molecule has 3 atom stereocenters. The topological polar surface area (TPSA) is 67.4 Å². The molecule has 2 aliphatic heterocycles. The van der Waals surface area contributed by atoms with E-state index in [1.807, 2.05) is 0 Å². The van der Waals surface area contributed by atoms with Crippen LogP contribution in [-0.4, -0.2) is 45.0 Å². The summed E-state index contributed by atoms with van der Waals surface area (Å²) < 4.78 is 32.3. The number of hydrogen-bond acceptors (Lipinski definition) is 4. The van der Waals surface area contributed by atoms with Crippen LogP contribution >= 0.6 is 0 Å². The summed E-state index contributed by atoms with van der Waals surface area (Å²) in [6, 6.07) is 0.409. The van der Waals surface area contributed by atoms with Crippen LogP contribution in [0.4, 0.5) is 0 Å². The second-order valence-electron chi connectivity index (χ2n) is 5.62. The number of rotatable bonds is 7. The Labute approximate surface area is 110 Å². The maximum absolute atomic E-state index is 11.9. The Bertz CT molecular complexity index is 370. The summed E-state index contributed by atoms with van der Waals surface area (Å²) in [5, 5.41) is 3.22. The van der Waals surface area contributed by atoms with Crippen LogP contribution in [0.25, 0.3) is 0 Å². The van der Waals surface area contributed by atoms with E-state index < -0.39 is 10.0 Å². The Balaban J connectivity index is 1.71. The summed E-state index contributed by atoms with van der Waals surface area (Å²) in [5.74, 6) is 0.195. The number of hydrogen-bond donors (Lipinski definition) is 2. The Morgan fingerprint density at radius 1 is 1.33 bits per heavy atom. The molecule has 0 aromatic carbocycles. The molecule has 6 heteroatoms. The van der Waals surface area contributed by atoms with E-state index in [0.717, 1.165) is 25.8 Å². The van der Waals surface area contributed by atoms with Crippen molar-refractivity contribution in [2.45, 2.75) is 63.8 Å². The van der Waals surface area contributed by atoms with Crippen LogP contribution in [0.5, 0.6) is 0 Å². The largest absolute Gasteiger partial charge is 0.373 e. The molecule has 0 amide bonds. The van der Waals surface area contributed by atoms with Crippen LogP contribution in [0.3, 0.4) is 0 Å². The molecule has 0 radical (unpaired) electrons. The molecule has 2 fully saturated rings. The lowest BCUT2D eigenvalue weighted by Gasteiger charge is -2.20. The van der Waals surface area contributed by atoms with Crippen LogP contribution in [0.15, 0.2) is 0 Å². The molecule has 2 aliphatic rings. The van der Waals surface area contributed by atoms with Gasteiger partial charge in [0.2, 0.25) is 10.0 Å². The van der Waals surface area contributed by atoms with Crippen molar-refractivity contribution in [2.24, 2.45) is 0 Å². The standard InChI is InChI=1S/C12H24N2O3S/c1-9(2)13-6-3-7-18(15,16)14-11-8-10-4-5-12(11)17-10/h9-14H,3-8H2,1-2H3. The van der Waals surface area contributed by atoms with Gasteiger partial charge in [-0.3, -0.25) is 0 Å². The highest BCUT2D eigenvalue weighted by molar-refractivity contribution is 7.89.